The van der Waals surface area contributed by atoms with Gasteiger partial charge in [-0.25, -0.2) is 14.4 Å². The van der Waals surface area contributed by atoms with Gasteiger partial charge in [0, 0.05) is 18.8 Å². The molecule has 116 valence electrons. The molecule has 1 atom stereocenters. The number of carbonyl (C=O) groups excluding carboxylic acids is 2. The Kier molecular flexibility index (Phi) is 3.37. The second kappa shape index (κ2) is 5.25. The van der Waals surface area contributed by atoms with Crippen LogP contribution in [0.5, 0.6) is 0 Å². The van der Waals surface area contributed by atoms with Crippen molar-refractivity contribution in [3.8, 4) is 11.8 Å². The normalized spacial score (nSPS) is 17.7. The summed E-state index contributed by atoms with van der Waals surface area (Å²) in [6, 6.07) is 9.84. The molecule has 3 rings (SSSR count). The van der Waals surface area contributed by atoms with E-state index in [1.54, 1.807) is 42.9 Å². The zero-order chi connectivity index (χ0) is 16.7. The lowest BCUT2D eigenvalue weighted by atomic mass is 10.2. The van der Waals surface area contributed by atoms with Crippen LogP contribution in [0.15, 0.2) is 30.3 Å². The van der Waals surface area contributed by atoms with E-state index < -0.39 is 12.1 Å². The molecular weight excluding hydrogens is 294 g/mol. The number of urea groups is 1. The molecule has 0 radical (unpaired) electrons. The van der Waals surface area contributed by atoms with E-state index >= 15 is 0 Å². The number of nitrogens with zero attached hydrogens (tertiary/aromatic N) is 5. The summed E-state index contributed by atoms with van der Waals surface area (Å²) in [6.45, 7) is 3.51. The first kappa shape index (κ1) is 14.8. The van der Waals surface area contributed by atoms with Crippen LogP contribution in [-0.4, -0.2) is 39.7 Å². The van der Waals surface area contributed by atoms with E-state index in [4.69, 9.17) is 5.26 Å². The highest BCUT2D eigenvalue weighted by Gasteiger charge is 2.42. The number of rotatable bonds is 2. The van der Waals surface area contributed by atoms with Gasteiger partial charge in [0.25, 0.3) is 5.91 Å². The monoisotopic (exact) mass is 309 g/mol. The summed E-state index contributed by atoms with van der Waals surface area (Å²) in [4.78, 5) is 26.9. The first-order chi connectivity index (χ1) is 10.9. The number of imide groups is 1. The van der Waals surface area contributed by atoms with Gasteiger partial charge in [-0.15, -0.1) is 5.10 Å². The molecule has 1 aliphatic heterocycles. The second-order valence-corrected chi connectivity index (χ2v) is 5.46. The topological polar surface area (TPSA) is 82.2 Å². The van der Waals surface area contributed by atoms with E-state index in [-0.39, 0.29) is 11.7 Å². The number of amides is 3. The van der Waals surface area contributed by atoms with Gasteiger partial charge in [0.15, 0.2) is 5.82 Å². The summed E-state index contributed by atoms with van der Waals surface area (Å²) in [5.74, 6) is -0.0102. The van der Waals surface area contributed by atoms with Gasteiger partial charge in [-0.3, -0.25) is 4.79 Å². The van der Waals surface area contributed by atoms with Crippen molar-refractivity contribution in [2.24, 2.45) is 0 Å². The van der Waals surface area contributed by atoms with E-state index in [2.05, 4.69) is 11.2 Å². The summed E-state index contributed by atoms with van der Waals surface area (Å²) < 4.78 is 1.61. The Morgan fingerprint density at radius 3 is 2.61 bits per heavy atom. The van der Waals surface area contributed by atoms with E-state index in [0.29, 0.717) is 11.3 Å². The summed E-state index contributed by atoms with van der Waals surface area (Å²) in [7, 11) is 1.59. The molecule has 3 amide bonds. The number of nitriles is 1. The maximum absolute atomic E-state index is 12.3. The van der Waals surface area contributed by atoms with Crippen LogP contribution in [0.2, 0.25) is 0 Å². The molecule has 1 aromatic carbocycles. The molecule has 7 heteroatoms. The van der Waals surface area contributed by atoms with Crippen LogP contribution in [0.4, 0.5) is 10.6 Å². The van der Waals surface area contributed by atoms with Crippen LogP contribution >= 0.6 is 0 Å². The molecule has 1 fully saturated rings. The lowest BCUT2D eigenvalue weighted by Crippen LogP contribution is -2.31. The van der Waals surface area contributed by atoms with Crippen molar-refractivity contribution in [2.45, 2.75) is 19.9 Å². The smallest absolute Gasteiger partial charge is 0.315 e. The molecule has 1 saturated heterocycles. The number of benzene rings is 1. The standard InChI is InChI=1S/C16H15N5O2/c1-10-7-14(20-15(22)11(2)19(3)16(20)23)18-21(10)13-6-4-5-12(8-13)9-17/h4-8,11H,1-3H3. The predicted octanol–water partition coefficient (Wildman–Crippen LogP) is 1.84. The van der Waals surface area contributed by atoms with Gasteiger partial charge < -0.3 is 4.90 Å². The number of anilines is 1. The highest BCUT2D eigenvalue weighted by atomic mass is 16.2. The molecule has 0 bridgehead atoms. The van der Waals surface area contributed by atoms with E-state index in [0.717, 1.165) is 10.6 Å². The average molecular weight is 309 g/mol. The van der Waals surface area contributed by atoms with Gasteiger partial charge in [0.1, 0.15) is 6.04 Å². The van der Waals surface area contributed by atoms with Gasteiger partial charge in [-0.2, -0.15) is 5.26 Å². The summed E-state index contributed by atoms with van der Waals surface area (Å²) >= 11 is 0. The van der Waals surface area contributed by atoms with Crippen molar-refractivity contribution in [2.75, 3.05) is 11.9 Å². The molecule has 0 spiro atoms. The SMILES string of the molecule is Cc1cc(N2C(=O)C(C)N(C)C2=O)nn1-c1cccc(C#N)c1. The minimum absolute atomic E-state index is 0.288. The van der Waals surface area contributed by atoms with Crippen LogP contribution in [0.25, 0.3) is 5.69 Å². The third-order valence-electron chi connectivity index (χ3n) is 3.98. The molecule has 1 aliphatic rings. The zero-order valence-electron chi connectivity index (χ0n) is 13.0. The van der Waals surface area contributed by atoms with Crippen molar-refractivity contribution in [3.63, 3.8) is 0 Å². The number of hydrogen-bond acceptors (Lipinski definition) is 4. The minimum atomic E-state index is -0.505. The molecule has 0 N–H and O–H groups in total. The fraction of sp³-hybridized carbons (Fsp3) is 0.250. The number of likely N-dealkylation sites (N-methyl/N-ethyl adjacent to an activating group) is 1. The van der Waals surface area contributed by atoms with Crippen LogP contribution in [-0.2, 0) is 4.79 Å². The third-order valence-corrected chi connectivity index (χ3v) is 3.98. The predicted molar refractivity (Wildman–Crippen MR) is 83.1 cm³/mol. The zero-order valence-corrected chi connectivity index (χ0v) is 13.0. The number of aromatic nitrogens is 2. The fourth-order valence-corrected chi connectivity index (χ4v) is 2.52. The first-order valence-corrected chi connectivity index (χ1v) is 7.12. The second-order valence-electron chi connectivity index (χ2n) is 5.46. The van der Waals surface area contributed by atoms with E-state index in [1.165, 1.54) is 4.90 Å². The van der Waals surface area contributed by atoms with Crippen molar-refractivity contribution in [1.29, 1.82) is 5.26 Å². The maximum atomic E-state index is 12.3. The summed E-state index contributed by atoms with van der Waals surface area (Å²) in [5.41, 5.74) is 1.98. The van der Waals surface area contributed by atoms with Gasteiger partial charge in [0.05, 0.1) is 17.3 Å². The first-order valence-electron chi connectivity index (χ1n) is 7.12. The van der Waals surface area contributed by atoms with Gasteiger partial charge in [-0.1, -0.05) is 6.07 Å². The average Bonchev–Trinajstić information content (AvgIpc) is 3.02. The molecule has 2 aromatic rings. The Bertz CT molecular complexity index is 828. The Hall–Kier alpha value is -3.14. The van der Waals surface area contributed by atoms with Gasteiger partial charge in [-0.05, 0) is 32.0 Å². The van der Waals surface area contributed by atoms with Crippen molar-refractivity contribution in [1.82, 2.24) is 14.7 Å². The van der Waals surface area contributed by atoms with Gasteiger partial charge in [0.2, 0.25) is 0 Å². The summed E-state index contributed by atoms with van der Waals surface area (Å²) in [6.07, 6.45) is 0. The highest BCUT2D eigenvalue weighted by Crippen LogP contribution is 2.25. The molecule has 23 heavy (non-hydrogen) atoms. The Morgan fingerprint density at radius 1 is 1.26 bits per heavy atom. The van der Waals surface area contributed by atoms with Crippen LogP contribution < -0.4 is 4.90 Å². The van der Waals surface area contributed by atoms with Crippen LogP contribution in [0.3, 0.4) is 0 Å². The van der Waals surface area contributed by atoms with Crippen molar-refractivity contribution >= 4 is 17.8 Å². The maximum Gasteiger partial charge on any atom is 0.333 e. The minimum Gasteiger partial charge on any atom is -0.315 e. The molecule has 7 nitrogen and oxygen atoms in total. The quantitative estimate of drug-likeness (QED) is 0.793. The van der Waals surface area contributed by atoms with E-state index in [9.17, 15) is 9.59 Å². The summed E-state index contributed by atoms with van der Waals surface area (Å²) in [5, 5.41) is 13.4. The lowest BCUT2D eigenvalue weighted by Gasteiger charge is -2.11. The molecule has 0 aliphatic carbocycles. The van der Waals surface area contributed by atoms with Crippen molar-refractivity contribution < 1.29 is 9.59 Å². The number of hydrogen-bond donors (Lipinski definition) is 0. The molecule has 2 heterocycles. The fourth-order valence-electron chi connectivity index (χ4n) is 2.52. The Balaban J connectivity index is 2.04. The van der Waals surface area contributed by atoms with E-state index in [1.807, 2.05) is 13.0 Å². The van der Waals surface area contributed by atoms with Crippen molar-refractivity contribution in [3.05, 3.63) is 41.6 Å². The van der Waals surface area contributed by atoms with Crippen LogP contribution in [0.1, 0.15) is 18.2 Å². The largest absolute Gasteiger partial charge is 0.333 e. The molecular formula is C16H15N5O2. The molecule has 1 aromatic heterocycles. The van der Waals surface area contributed by atoms with Gasteiger partial charge >= 0.3 is 6.03 Å². The third kappa shape index (κ3) is 2.25. The Morgan fingerprint density at radius 2 is 2.00 bits per heavy atom. The lowest BCUT2D eigenvalue weighted by molar-refractivity contribution is -0.119. The highest BCUT2D eigenvalue weighted by molar-refractivity contribution is 6.20. The molecule has 1 unspecified atom stereocenters. The van der Waals surface area contributed by atoms with Crippen LogP contribution in [0, 0.1) is 18.3 Å². The Labute approximate surface area is 133 Å². The number of aryl methyl sites for hydroxylation is 1. The molecule has 0 saturated carbocycles. The number of carbonyl (C=O) groups is 2.